The molecule has 3 aromatic rings. The molecule has 148 valence electrons. The molecular formula is C23H21ClN2O3. The first-order valence-corrected chi connectivity index (χ1v) is 9.45. The Labute approximate surface area is 174 Å². The third-order valence-corrected chi connectivity index (χ3v) is 4.45. The largest absolute Gasteiger partial charge is 0.489 e. The van der Waals surface area contributed by atoms with Gasteiger partial charge in [-0.25, -0.2) is 5.43 Å². The van der Waals surface area contributed by atoms with E-state index < -0.39 is 0 Å². The van der Waals surface area contributed by atoms with Gasteiger partial charge in [-0.15, -0.1) is 0 Å². The molecule has 6 heteroatoms. The van der Waals surface area contributed by atoms with Gasteiger partial charge in [-0.1, -0.05) is 41.9 Å². The topological polar surface area (TPSA) is 59.9 Å². The zero-order valence-electron chi connectivity index (χ0n) is 16.0. The summed E-state index contributed by atoms with van der Waals surface area (Å²) >= 11 is 5.96. The average Bonchev–Trinajstić information content (AvgIpc) is 2.75. The third kappa shape index (κ3) is 6.66. The van der Waals surface area contributed by atoms with E-state index in [-0.39, 0.29) is 12.5 Å². The molecule has 0 saturated heterocycles. The molecule has 0 aliphatic heterocycles. The quantitative estimate of drug-likeness (QED) is 0.432. The van der Waals surface area contributed by atoms with Crippen LogP contribution in [0.5, 0.6) is 11.5 Å². The van der Waals surface area contributed by atoms with E-state index in [2.05, 4.69) is 10.5 Å². The highest BCUT2D eigenvalue weighted by Crippen LogP contribution is 2.20. The molecule has 1 N–H and O–H groups in total. The Morgan fingerprint density at radius 2 is 1.72 bits per heavy atom. The summed E-state index contributed by atoms with van der Waals surface area (Å²) in [5.74, 6) is 0.996. The van der Waals surface area contributed by atoms with Gasteiger partial charge < -0.3 is 9.47 Å². The van der Waals surface area contributed by atoms with Gasteiger partial charge in [0.2, 0.25) is 0 Å². The van der Waals surface area contributed by atoms with Gasteiger partial charge in [-0.2, -0.15) is 5.10 Å². The van der Waals surface area contributed by atoms with E-state index in [1.165, 1.54) is 0 Å². The van der Waals surface area contributed by atoms with Crippen LogP contribution in [0.1, 0.15) is 16.7 Å². The Balaban J connectivity index is 1.42. The molecule has 0 aromatic heterocycles. The maximum absolute atomic E-state index is 11.8. The van der Waals surface area contributed by atoms with E-state index in [1.807, 2.05) is 61.5 Å². The lowest BCUT2D eigenvalue weighted by Gasteiger charge is -2.07. The first-order chi connectivity index (χ1) is 14.1. The number of benzene rings is 3. The minimum absolute atomic E-state index is 0.134. The molecule has 0 unspecified atom stereocenters. The smallest absolute Gasteiger partial charge is 0.277 e. The summed E-state index contributed by atoms with van der Waals surface area (Å²) < 4.78 is 11.2. The molecule has 0 atom stereocenters. The minimum Gasteiger partial charge on any atom is -0.489 e. The molecule has 3 aromatic carbocycles. The van der Waals surface area contributed by atoms with Crippen LogP contribution in [-0.4, -0.2) is 18.7 Å². The SMILES string of the molecule is Cc1cc(OCC(=O)N/N=C\c2ccc(OCc3ccccc3)cc2)ccc1Cl. The molecule has 5 nitrogen and oxygen atoms in total. The first-order valence-electron chi connectivity index (χ1n) is 9.08. The van der Waals surface area contributed by atoms with Crippen LogP contribution in [0.25, 0.3) is 0 Å². The van der Waals surface area contributed by atoms with Crippen molar-refractivity contribution in [2.45, 2.75) is 13.5 Å². The number of hydrazone groups is 1. The summed E-state index contributed by atoms with van der Waals surface area (Å²) in [6, 6.07) is 22.6. The molecule has 0 aliphatic rings. The van der Waals surface area contributed by atoms with Crippen LogP contribution < -0.4 is 14.9 Å². The molecule has 1 amide bonds. The van der Waals surface area contributed by atoms with Crippen molar-refractivity contribution in [3.63, 3.8) is 0 Å². The van der Waals surface area contributed by atoms with Gasteiger partial charge >= 0.3 is 0 Å². The zero-order chi connectivity index (χ0) is 20.5. The van der Waals surface area contributed by atoms with E-state index in [1.54, 1.807) is 24.4 Å². The molecule has 0 radical (unpaired) electrons. The van der Waals surface area contributed by atoms with E-state index in [4.69, 9.17) is 21.1 Å². The Morgan fingerprint density at radius 3 is 2.45 bits per heavy atom. The van der Waals surface area contributed by atoms with Crippen LogP contribution in [0.3, 0.4) is 0 Å². The highest BCUT2D eigenvalue weighted by atomic mass is 35.5. The lowest BCUT2D eigenvalue weighted by atomic mass is 10.2. The van der Waals surface area contributed by atoms with Gasteiger partial charge in [0.05, 0.1) is 6.21 Å². The van der Waals surface area contributed by atoms with Gasteiger partial charge in [-0.3, -0.25) is 4.79 Å². The maximum atomic E-state index is 11.8. The Bertz CT molecular complexity index is 973. The Hall–Kier alpha value is -3.31. The molecule has 0 fully saturated rings. The number of hydrogen-bond donors (Lipinski definition) is 1. The molecule has 3 rings (SSSR count). The number of halogens is 1. The molecule has 0 bridgehead atoms. The van der Waals surface area contributed by atoms with Crippen LogP contribution in [-0.2, 0) is 11.4 Å². The van der Waals surface area contributed by atoms with Gasteiger partial charge in [-0.05, 0) is 66.1 Å². The van der Waals surface area contributed by atoms with Crippen LogP contribution in [0.15, 0.2) is 77.9 Å². The standard InChI is InChI=1S/C23H21ClN2O3/c1-17-13-21(11-12-22(17)24)29-16-23(27)26-25-14-18-7-9-20(10-8-18)28-15-19-5-3-2-4-6-19/h2-14H,15-16H2,1H3,(H,26,27)/b25-14-. The molecule has 0 spiro atoms. The fraction of sp³-hybridized carbons (Fsp3) is 0.130. The number of hydrogen-bond acceptors (Lipinski definition) is 4. The fourth-order valence-electron chi connectivity index (χ4n) is 2.46. The van der Waals surface area contributed by atoms with Gasteiger partial charge in [0.25, 0.3) is 5.91 Å². The number of carbonyl (C=O) groups is 1. The normalized spacial score (nSPS) is 10.7. The average molecular weight is 409 g/mol. The second-order valence-electron chi connectivity index (χ2n) is 6.34. The van der Waals surface area contributed by atoms with Crippen LogP contribution in [0.4, 0.5) is 0 Å². The van der Waals surface area contributed by atoms with E-state index in [9.17, 15) is 4.79 Å². The summed E-state index contributed by atoms with van der Waals surface area (Å²) in [4.78, 5) is 11.8. The predicted molar refractivity (Wildman–Crippen MR) is 115 cm³/mol. The van der Waals surface area contributed by atoms with Crippen molar-refractivity contribution in [1.29, 1.82) is 0 Å². The number of nitrogens with zero attached hydrogens (tertiary/aromatic N) is 1. The lowest BCUT2D eigenvalue weighted by Crippen LogP contribution is -2.24. The maximum Gasteiger partial charge on any atom is 0.277 e. The molecular weight excluding hydrogens is 388 g/mol. The number of nitrogens with one attached hydrogen (secondary N) is 1. The summed E-state index contributed by atoms with van der Waals surface area (Å²) in [6.07, 6.45) is 1.56. The summed E-state index contributed by atoms with van der Waals surface area (Å²) in [7, 11) is 0. The van der Waals surface area contributed by atoms with Crippen molar-refractivity contribution in [2.24, 2.45) is 5.10 Å². The highest BCUT2D eigenvalue weighted by molar-refractivity contribution is 6.31. The van der Waals surface area contributed by atoms with Crippen molar-refractivity contribution < 1.29 is 14.3 Å². The summed E-state index contributed by atoms with van der Waals surface area (Å²) in [5.41, 5.74) is 5.27. The van der Waals surface area contributed by atoms with Crippen molar-refractivity contribution in [3.8, 4) is 11.5 Å². The molecule has 0 aliphatic carbocycles. The second-order valence-corrected chi connectivity index (χ2v) is 6.74. The second kappa shape index (κ2) is 10.3. The van der Waals surface area contributed by atoms with Gasteiger partial charge in [0.15, 0.2) is 6.61 Å². The monoisotopic (exact) mass is 408 g/mol. The van der Waals surface area contributed by atoms with Crippen molar-refractivity contribution in [3.05, 3.63) is 94.5 Å². The summed E-state index contributed by atoms with van der Waals surface area (Å²) in [6.45, 7) is 2.25. The number of aryl methyl sites for hydroxylation is 1. The van der Waals surface area contributed by atoms with Crippen molar-refractivity contribution >= 4 is 23.7 Å². The van der Waals surface area contributed by atoms with E-state index >= 15 is 0 Å². The predicted octanol–water partition coefficient (Wildman–Crippen LogP) is 4.76. The molecule has 0 saturated carbocycles. The zero-order valence-corrected chi connectivity index (χ0v) is 16.7. The minimum atomic E-state index is -0.350. The number of amides is 1. The lowest BCUT2D eigenvalue weighted by molar-refractivity contribution is -0.123. The van der Waals surface area contributed by atoms with E-state index in [0.717, 1.165) is 22.4 Å². The number of ether oxygens (including phenoxy) is 2. The number of rotatable bonds is 8. The van der Waals surface area contributed by atoms with Crippen molar-refractivity contribution in [1.82, 2.24) is 5.43 Å². The van der Waals surface area contributed by atoms with Crippen LogP contribution in [0.2, 0.25) is 5.02 Å². The first kappa shape index (κ1) is 20.4. The summed E-state index contributed by atoms with van der Waals surface area (Å²) in [5, 5.41) is 4.60. The molecule has 0 heterocycles. The van der Waals surface area contributed by atoms with Gasteiger partial charge in [0, 0.05) is 5.02 Å². The van der Waals surface area contributed by atoms with Crippen LogP contribution in [0, 0.1) is 6.92 Å². The third-order valence-electron chi connectivity index (χ3n) is 4.03. The van der Waals surface area contributed by atoms with Crippen LogP contribution >= 0.6 is 11.6 Å². The fourth-order valence-corrected chi connectivity index (χ4v) is 2.58. The van der Waals surface area contributed by atoms with Crippen molar-refractivity contribution in [2.75, 3.05) is 6.61 Å². The highest BCUT2D eigenvalue weighted by Gasteiger charge is 2.03. The van der Waals surface area contributed by atoms with E-state index in [0.29, 0.717) is 17.4 Å². The van der Waals surface area contributed by atoms with Gasteiger partial charge in [0.1, 0.15) is 18.1 Å². The Morgan fingerprint density at radius 1 is 1.00 bits per heavy atom. The number of carbonyl (C=O) groups excluding carboxylic acids is 1. The molecule has 29 heavy (non-hydrogen) atoms. The Kier molecular flexibility index (Phi) is 7.25.